The summed E-state index contributed by atoms with van der Waals surface area (Å²) in [6.45, 7) is -0.335. The summed E-state index contributed by atoms with van der Waals surface area (Å²) in [5.41, 5.74) is 0.372. The molecule has 26 heavy (non-hydrogen) atoms. The number of aromatic nitrogens is 1. The molecule has 2 aromatic rings. The van der Waals surface area contributed by atoms with Crippen LogP contribution in [0.5, 0.6) is 0 Å². The summed E-state index contributed by atoms with van der Waals surface area (Å²) >= 11 is 3.19. The average Bonchev–Trinajstić information content (AvgIpc) is 2.52. The molecule has 0 saturated heterocycles. The van der Waals surface area contributed by atoms with Crippen molar-refractivity contribution in [2.24, 2.45) is 0 Å². The van der Waals surface area contributed by atoms with Crippen LogP contribution < -0.4 is 10.7 Å². The van der Waals surface area contributed by atoms with Gasteiger partial charge in [-0.25, -0.2) is 4.98 Å². The fraction of sp³-hybridized carbons (Fsp3) is 0.214. The average molecular weight is 474 g/mol. The van der Waals surface area contributed by atoms with E-state index in [9.17, 15) is 31.0 Å². The summed E-state index contributed by atoms with van der Waals surface area (Å²) < 4.78 is 76.9. The van der Waals surface area contributed by atoms with Crippen LogP contribution in [0.4, 0.5) is 13.2 Å². The number of pyridine rings is 1. The zero-order chi connectivity index (χ0) is 19.8. The highest BCUT2D eigenvalue weighted by atomic mass is 79.9. The minimum absolute atomic E-state index is 0.117. The smallest absolute Gasteiger partial charge is 0.337 e. The lowest BCUT2D eigenvalue weighted by Gasteiger charge is -2.13. The van der Waals surface area contributed by atoms with Crippen molar-refractivity contribution < 1.29 is 35.2 Å². The van der Waals surface area contributed by atoms with Crippen LogP contribution in [0, 0.1) is 6.92 Å². The molecule has 1 heterocycles. The standard InChI is InChI=1S/C14H12BrF3NO5PS/c1-9-6-10(15)7-13(19-9)25(20,21)11-2-4-12(5-3-11)26(22,23)24-8-14(16,17)18/h2-7H,8H2,1H3,(H,20,21). The van der Waals surface area contributed by atoms with Crippen LogP contribution in [-0.4, -0.2) is 31.1 Å². The van der Waals surface area contributed by atoms with Crippen molar-refractivity contribution in [1.29, 1.82) is 0 Å². The molecule has 1 atom stereocenters. The van der Waals surface area contributed by atoms with Crippen LogP contribution in [0.1, 0.15) is 5.69 Å². The van der Waals surface area contributed by atoms with Crippen molar-refractivity contribution in [2.75, 3.05) is 6.61 Å². The van der Waals surface area contributed by atoms with Gasteiger partial charge in [0, 0.05) is 15.5 Å². The van der Waals surface area contributed by atoms with E-state index >= 15 is 0 Å². The molecule has 142 valence electrons. The molecule has 12 heteroatoms. The number of rotatable bonds is 5. The van der Waals surface area contributed by atoms with Crippen LogP contribution in [0.2, 0.25) is 0 Å². The van der Waals surface area contributed by atoms with Gasteiger partial charge in [-0.3, -0.25) is 8.75 Å². The summed E-state index contributed by atoms with van der Waals surface area (Å²) in [4.78, 5) is 13.8. The van der Waals surface area contributed by atoms with E-state index in [0.717, 1.165) is 24.3 Å². The number of alkyl halides is 3. The maximum atomic E-state index is 12.7. The minimum Gasteiger partial charge on any atom is -0.337 e. The van der Waals surface area contributed by atoms with Crippen LogP contribution in [0.25, 0.3) is 0 Å². The van der Waals surface area contributed by atoms with Gasteiger partial charge in [-0.1, -0.05) is 15.9 Å². The first-order valence-corrected chi connectivity index (χ1v) is 10.7. The first-order chi connectivity index (χ1) is 11.8. The fourth-order valence-corrected chi connectivity index (χ4v) is 4.97. The van der Waals surface area contributed by atoms with E-state index in [1.165, 1.54) is 6.07 Å². The Bertz CT molecular complexity index is 943. The lowest BCUT2D eigenvalue weighted by Crippen LogP contribution is -2.21. The van der Waals surface area contributed by atoms with E-state index < -0.39 is 35.2 Å². The van der Waals surface area contributed by atoms with Gasteiger partial charge in [0.1, 0.15) is 5.44 Å². The van der Waals surface area contributed by atoms with Crippen molar-refractivity contribution in [3.05, 3.63) is 46.6 Å². The predicted octanol–water partition coefficient (Wildman–Crippen LogP) is 2.64. The Kier molecular flexibility index (Phi) is 5.99. The Morgan fingerprint density at radius 1 is 1.23 bits per heavy atom. The van der Waals surface area contributed by atoms with Crippen LogP contribution in [0.15, 0.2) is 45.8 Å². The number of nitrogens with zero attached hydrogens (tertiary/aromatic N) is 1. The Hall–Kier alpha value is -1.26. The molecule has 0 spiro atoms. The van der Waals surface area contributed by atoms with Gasteiger partial charge in [-0.05, 0) is 43.3 Å². The lowest BCUT2D eigenvalue weighted by molar-refractivity contribution is -0.152. The molecule has 0 saturated carbocycles. The number of halogens is 4. The molecule has 0 aliphatic carbocycles. The van der Waals surface area contributed by atoms with E-state index in [2.05, 4.69) is 25.1 Å². The van der Waals surface area contributed by atoms with Crippen LogP contribution >= 0.6 is 23.3 Å². The molecule has 1 aromatic heterocycles. The second kappa shape index (κ2) is 7.40. The van der Waals surface area contributed by atoms with Crippen molar-refractivity contribution in [3.8, 4) is 0 Å². The van der Waals surface area contributed by atoms with Crippen LogP contribution in [-0.2, 0) is 18.9 Å². The molecule has 0 amide bonds. The maximum Gasteiger partial charge on any atom is 0.413 e. The van der Waals surface area contributed by atoms with Crippen molar-refractivity contribution >= 4 is 44.2 Å². The molecular weight excluding hydrogens is 462 g/mol. The SMILES string of the molecule is Cc1cc(Br)cc(P(=O)(O)c2ccc(S(=O)(=O)OCC(F)(F)F)cc2)n1. The molecule has 0 bridgehead atoms. The highest BCUT2D eigenvalue weighted by Crippen LogP contribution is 2.38. The predicted molar refractivity (Wildman–Crippen MR) is 91.4 cm³/mol. The summed E-state index contributed by atoms with van der Waals surface area (Å²) in [5, 5.41) is -0.128. The van der Waals surface area contributed by atoms with E-state index in [4.69, 9.17) is 0 Å². The molecule has 2 rings (SSSR count). The molecule has 0 radical (unpaired) electrons. The Morgan fingerprint density at radius 2 is 1.81 bits per heavy atom. The number of hydrogen-bond acceptors (Lipinski definition) is 5. The topological polar surface area (TPSA) is 93.6 Å². The van der Waals surface area contributed by atoms with Crippen molar-refractivity contribution in [3.63, 3.8) is 0 Å². The summed E-state index contributed by atoms with van der Waals surface area (Å²) in [5.74, 6) is 0. The summed E-state index contributed by atoms with van der Waals surface area (Å²) in [6, 6.07) is 6.84. The summed E-state index contributed by atoms with van der Waals surface area (Å²) in [7, 11) is -8.77. The van der Waals surface area contributed by atoms with Gasteiger partial charge in [0.05, 0.1) is 4.90 Å². The highest BCUT2D eigenvalue weighted by molar-refractivity contribution is 9.10. The molecule has 1 unspecified atom stereocenters. The van der Waals surface area contributed by atoms with Crippen molar-refractivity contribution in [2.45, 2.75) is 18.0 Å². The van der Waals surface area contributed by atoms with Gasteiger partial charge in [-0.15, -0.1) is 0 Å². The van der Waals surface area contributed by atoms with Crippen molar-refractivity contribution in [1.82, 2.24) is 4.98 Å². The molecule has 0 aliphatic heterocycles. The van der Waals surface area contributed by atoms with E-state index in [1.54, 1.807) is 13.0 Å². The van der Waals surface area contributed by atoms with Gasteiger partial charge >= 0.3 is 6.18 Å². The first kappa shape index (κ1) is 21.0. The van der Waals surface area contributed by atoms with Crippen LogP contribution in [0.3, 0.4) is 0 Å². The third kappa shape index (κ3) is 5.14. The number of aryl methyl sites for hydroxylation is 1. The largest absolute Gasteiger partial charge is 0.413 e. The maximum absolute atomic E-state index is 12.7. The van der Waals surface area contributed by atoms with Gasteiger partial charge < -0.3 is 4.89 Å². The number of hydrogen-bond donors (Lipinski definition) is 1. The minimum atomic E-state index is -4.81. The number of benzene rings is 1. The van der Waals surface area contributed by atoms with Gasteiger partial charge in [0.2, 0.25) is 0 Å². The highest BCUT2D eigenvalue weighted by Gasteiger charge is 2.32. The second-order valence-electron chi connectivity index (χ2n) is 5.19. The molecule has 1 aromatic carbocycles. The zero-order valence-corrected chi connectivity index (χ0v) is 16.4. The lowest BCUT2D eigenvalue weighted by atomic mass is 10.4. The molecule has 0 fully saturated rings. The molecule has 0 aliphatic rings. The van der Waals surface area contributed by atoms with E-state index in [0.29, 0.717) is 10.2 Å². The molecule has 6 nitrogen and oxygen atoms in total. The van der Waals surface area contributed by atoms with E-state index in [1.807, 2.05) is 0 Å². The monoisotopic (exact) mass is 473 g/mol. The Morgan fingerprint density at radius 3 is 2.31 bits per heavy atom. The molecular formula is C14H12BrF3NO5PS. The van der Waals surface area contributed by atoms with Gasteiger partial charge in [0.25, 0.3) is 17.5 Å². The third-order valence-electron chi connectivity index (χ3n) is 3.07. The van der Waals surface area contributed by atoms with E-state index in [-0.39, 0.29) is 10.7 Å². The summed E-state index contributed by atoms with van der Waals surface area (Å²) in [6.07, 6.45) is -4.81. The quantitative estimate of drug-likeness (QED) is 0.529. The Labute approximate surface area is 155 Å². The second-order valence-corrected chi connectivity index (χ2v) is 9.84. The normalized spacial score (nSPS) is 14.8. The third-order valence-corrected chi connectivity index (χ3v) is 6.65. The Balaban J connectivity index is 2.32. The first-order valence-electron chi connectivity index (χ1n) is 6.86. The van der Waals surface area contributed by atoms with Gasteiger partial charge in [-0.2, -0.15) is 21.6 Å². The fourth-order valence-electron chi connectivity index (χ4n) is 1.92. The molecule has 1 N–H and O–H groups in total. The van der Waals surface area contributed by atoms with Gasteiger partial charge in [0.15, 0.2) is 6.61 Å². The zero-order valence-electron chi connectivity index (χ0n) is 13.1.